The van der Waals surface area contributed by atoms with Crippen LogP contribution in [-0.4, -0.2) is 4.87 Å². The van der Waals surface area contributed by atoms with E-state index >= 15 is 0 Å². The van der Waals surface area contributed by atoms with E-state index in [4.69, 9.17) is 11.6 Å². The second-order valence-corrected chi connectivity index (χ2v) is 9.86. The van der Waals surface area contributed by atoms with Crippen molar-refractivity contribution in [1.82, 2.24) is 6.15 Å². The van der Waals surface area contributed by atoms with Crippen LogP contribution in [0.5, 0.6) is 0 Å². The van der Waals surface area contributed by atoms with Gasteiger partial charge in [-0.2, -0.15) is 0 Å². The number of halogens is 1. The molecule has 0 atom stereocenters. The lowest BCUT2D eigenvalue weighted by atomic mass is 9.88. The molecule has 0 aliphatic carbocycles. The van der Waals surface area contributed by atoms with Gasteiger partial charge >= 0.3 is 0 Å². The highest BCUT2D eigenvalue weighted by molar-refractivity contribution is 6.23. The zero-order chi connectivity index (χ0) is 20.1. The molecule has 0 aliphatic rings. The van der Waals surface area contributed by atoms with Crippen molar-refractivity contribution in [3.05, 3.63) is 0 Å². The molecule has 0 bridgehead atoms. The van der Waals surface area contributed by atoms with Crippen molar-refractivity contribution in [1.29, 1.82) is 0 Å². The second-order valence-electron chi connectivity index (χ2n) is 9.06. The maximum Gasteiger partial charge on any atom is 0.0446 e. The normalized spacial score (nSPS) is 11.6. The highest BCUT2D eigenvalue weighted by Gasteiger charge is 2.25. The Bertz CT molecular complexity index is 264. The first-order chi connectivity index (χ1) is 13.2. The Morgan fingerprint density at radius 2 is 0.607 bits per heavy atom. The summed E-state index contributed by atoms with van der Waals surface area (Å²) in [4.78, 5) is 0.110. The number of alkyl halides is 1. The molecule has 172 valence electrons. The van der Waals surface area contributed by atoms with Crippen LogP contribution in [0.4, 0.5) is 0 Å². The van der Waals surface area contributed by atoms with Crippen molar-refractivity contribution in [3.63, 3.8) is 0 Å². The lowest BCUT2D eigenvalue weighted by Crippen LogP contribution is -2.21. The summed E-state index contributed by atoms with van der Waals surface area (Å²) in [6, 6.07) is 0. The van der Waals surface area contributed by atoms with E-state index in [9.17, 15) is 0 Å². The average Bonchev–Trinajstić information content (AvgIpc) is 2.67. The van der Waals surface area contributed by atoms with E-state index in [1.54, 1.807) is 0 Å². The zero-order valence-electron chi connectivity index (χ0n) is 20.1. The van der Waals surface area contributed by atoms with E-state index in [1.165, 1.54) is 141 Å². The van der Waals surface area contributed by atoms with Crippen LogP contribution in [0, 0.1) is 0 Å². The van der Waals surface area contributed by atoms with Gasteiger partial charge < -0.3 is 6.15 Å². The monoisotopic (exact) mass is 417 g/mol. The molecule has 0 rings (SSSR count). The smallest absolute Gasteiger partial charge is 0.0446 e. The first-order valence-electron chi connectivity index (χ1n) is 12.9. The Morgan fingerprint density at radius 3 is 0.857 bits per heavy atom. The molecular weight excluding hydrogens is 362 g/mol. The summed E-state index contributed by atoms with van der Waals surface area (Å²) in [6.07, 6.45) is 30.2. The van der Waals surface area contributed by atoms with Gasteiger partial charge in [-0.15, -0.1) is 11.6 Å². The van der Waals surface area contributed by atoms with Gasteiger partial charge in [-0.1, -0.05) is 143 Å². The van der Waals surface area contributed by atoms with Crippen LogP contribution in [-0.2, 0) is 0 Å². The minimum absolute atomic E-state index is 0. The van der Waals surface area contributed by atoms with E-state index in [2.05, 4.69) is 20.8 Å². The van der Waals surface area contributed by atoms with Crippen LogP contribution in [0.3, 0.4) is 0 Å². The molecular formula is C26H56ClN. The molecule has 0 heterocycles. The summed E-state index contributed by atoms with van der Waals surface area (Å²) in [6.45, 7) is 6.89. The largest absolute Gasteiger partial charge is 0.344 e. The molecule has 0 aromatic heterocycles. The molecule has 0 aliphatic heterocycles. The summed E-state index contributed by atoms with van der Waals surface area (Å²) in [5.74, 6) is 0. The predicted molar refractivity (Wildman–Crippen MR) is 132 cm³/mol. The maximum absolute atomic E-state index is 7.18. The minimum Gasteiger partial charge on any atom is -0.344 e. The van der Waals surface area contributed by atoms with Crippen molar-refractivity contribution < 1.29 is 0 Å². The molecule has 0 spiro atoms. The SMILES string of the molecule is CCCCCCCCCC(Cl)(CCCCCCCC)CCCCCCCC.N. The molecule has 0 amide bonds. The molecule has 0 aromatic rings. The Balaban J connectivity index is 0. The van der Waals surface area contributed by atoms with Crippen molar-refractivity contribution >= 4 is 11.6 Å². The van der Waals surface area contributed by atoms with Crippen LogP contribution in [0.15, 0.2) is 0 Å². The van der Waals surface area contributed by atoms with E-state index in [0.717, 1.165) is 0 Å². The van der Waals surface area contributed by atoms with Gasteiger partial charge in [-0.25, -0.2) is 0 Å². The van der Waals surface area contributed by atoms with Gasteiger partial charge in [-0.05, 0) is 19.3 Å². The third-order valence-corrected chi connectivity index (χ3v) is 6.75. The molecule has 0 saturated heterocycles. The van der Waals surface area contributed by atoms with Gasteiger partial charge in [0.1, 0.15) is 0 Å². The Labute approximate surface area is 184 Å². The van der Waals surface area contributed by atoms with Crippen molar-refractivity contribution in [2.75, 3.05) is 0 Å². The number of hydrogen-bond donors (Lipinski definition) is 1. The lowest BCUT2D eigenvalue weighted by Gasteiger charge is -2.27. The van der Waals surface area contributed by atoms with Gasteiger partial charge in [0.25, 0.3) is 0 Å². The first kappa shape index (κ1) is 30.4. The van der Waals surface area contributed by atoms with Crippen molar-refractivity contribution in [2.45, 2.75) is 167 Å². The minimum atomic E-state index is 0. The summed E-state index contributed by atoms with van der Waals surface area (Å²) >= 11 is 7.18. The highest BCUT2D eigenvalue weighted by atomic mass is 35.5. The molecule has 2 heteroatoms. The summed E-state index contributed by atoms with van der Waals surface area (Å²) in [7, 11) is 0. The second kappa shape index (κ2) is 23.5. The van der Waals surface area contributed by atoms with Gasteiger partial charge in [0.05, 0.1) is 0 Å². The fraction of sp³-hybridized carbons (Fsp3) is 1.00. The van der Waals surface area contributed by atoms with Gasteiger partial charge in [0, 0.05) is 4.87 Å². The fourth-order valence-electron chi connectivity index (χ4n) is 4.22. The molecule has 1 nitrogen and oxygen atoms in total. The van der Waals surface area contributed by atoms with Crippen LogP contribution in [0.1, 0.15) is 162 Å². The quantitative estimate of drug-likeness (QED) is 0.138. The van der Waals surface area contributed by atoms with Crippen molar-refractivity contribution in [3.8, 4) is 0 Å². The maximum atomic E-state index is 7.18. The average molecular weight is 418 g/mol. The van der Waals surface area contributed by atoms with Gasteiger partial charge in [0.2, 0.25) is 0 Å². The molecule has 0 fully saturated rings. The van der Waals surface area contributed by atoms with Gasteiger partial charge in [-0.3, -0.25) is 0 Å². The summed E-state index contributed by atoms with van der Waals surface area (Å²) < 4.78 is 0. The molecule has 28 heavy (non-hydrogen) atoms. The van der Waals surface area contributed by atoms with Crippen LogP contribution < -0.4 is 6.15 Å². The van der Waals surface area contributed by atoms with Crippen LogP contribution in [0.25, 0.3) is 0 Å². The number of hydrogen-bond acceptors (Lipinski definition) is 1. The molecule has 0 radical (unpaired) electrons. The van der Waals surface area contributed by atoms with Gasteiger partial charge in [0.15, 0.2) is 0 Å². The molecule has 3 N–H and O–H groups in total. The lowest BCUT2D eigenvalue weighted by molar-refractivity contribution is 0.395. The Hall–Kier alpha value is 0.250. The van der Waals surface area contributed by atoms with Crippen LogP contribution >= 0.6 is 11.6 Å². The first-order valence-corrected chi connectivity index (χ1v) is 13.2. The zero-order valence-corrected chi connectivity index (χ0v) is 20.9. The topological polar surface area (TPSA) is 35.0 Å². The number of rotatable bonds is 22. The van der Waals surface area contributed by atoms with Crippen LogP contribution in [0.2, 0.25) is 0 Å². The summed E-state index contributed by atoms with van der Waals surface area (Å²) in [5.41, 5.74) is 0. The van der Waals surface area contributed by atoms with E-state index in [-0.39, 0.29) is 11.0 Å². The number of unbranched alkanes of at least 4 members (excludes halogenated alkanes) is 16. The third kappa shape index (κ3) is 21.0. The van der Waals surface area contributed by atoms with E-state index < -0.39 is 0 Å². The van der Waals surface area contributed by atoms with E-state index in [1.807, 2.05) is 0 Å². The third-order valence-electron chi connectivity index (χ3n) is 6.19. The predicted octanol–water partition coefficient (Wildman–Crippen LogP) is 10.8. The fourth-order valence-corrected chi connectivity index (χ4v) is 4.62. The molecule has 0 aromatic carbocycles. The van der Waals surface area contributed by atoms with E-state index in [0.29, 0.717) is 0 Å². The molecule has 0 unspecified atom stereocenters. The Morgan fingerprint density at radius 1 is 0.393 bits per heavy atom. The summed E-state index contributed by atoms with van der Waals surface area (Å²) in [5, 5.41) is 0. The standard InChI is InChI=1S/C26H53Cl.H3N/c1-4-7-10-13-16-19-22-25-26(27,23-20-17-14-11-8-5-2)24-21-18-15-12-9-6-3;/h4-25H2,1-3H3;1H3. The van der Waals surface area contributed by atoms with Crippen molar-refractivity contribution in [2.24, 2.45) is 0 Å². The highest BCUT2D eigenvalue weighted by Crippen LogP contribution is 2.35. The molecule has 0 saturated carbocycles. The Kier molecular flexibility index (Phi) is 25.6.